The molecular weight excluding hydrogens is 290 g/mol. The number of carbonyl (C=O) groups is 1. The molecule has 0 radical (unpaired) electrons. The molecule has 116 valence electrons. The van der Waals surface area contributed by atoms with E-state index < -0.39 is 21.2 Å². The van der Waals surface area contributed by atoms with E-state index >= 15 is 0 Å². The summed E-state index contributed by atoms with van der Waals surface area (Å²) in [5.74, 6) is -0.972. The van der Waals surface area contributed by atoms with Crippen LogP contribution in [0.2, 0.25) is 0 Å². The van der Waals surface area contributed by atoms with Crippen LogP contribution in [0.15, 0.2) is 30.3 Å². The molecule has 2 atom stereocenters. The van der Waals surface area contributed by atoms with Gasteiger partial charge in [-0.25, -0.2) is 8.42 Å². The average Bonchev–Trinajstić information content (AvgIpc) is 3.28. The zero-order valence-corrected chi connectivity index (χ0v) is 13.1. The Bertz CT molecular complexity index is 595. The molecule has 0 heterocycles. The van der Waals surface area contributed by atoms with E-state index in [9.17, 15) is 13.2 Å². The van der Waals surface area contributed by atoms with Gasteiger partial charge >= 0.3 is 5.97 Å². The van der Waals surface area contributed by atoms with Gasteiger partial charge < -0.3 is 5.11 Å². The summed E-state index contributed by atoms with van der Waals surface area (Å²) in [4.78, 5) is 11.1. The maximum absolute atomic E-state index is 12.6. The summed E-state index contributed by atoms with van der Waals surface area (Å²) in [6.45, 7) is 3.32. The van der Waals surface area contributed by atoms with Crippen molar-refractivity contribution in [2.45, 2.75) is 44.5 Å². The fraction of sp³-hybridized carbons (Fsp3) is 0.533. The molecule has 1 aromatic rings. The second kappa shape index (κ2) is 6.15. The van der Waals surface area contributed by atoms with Crippen molar-refractivity contribution in [3.05, 3.63) is 35.9 Å². The molecule has 0 amide bonds. The number of hydrogen-bond acceptors (Lipinski definition) is 3. The van der Waals surface area contributed by atoms with E-state index in [1.807, 2.05) is 37.3 Å². The molecule has 0 aliphatic heterocycles. The summed E-state index contributed by atoms with van der Waals surface area (Å²) < 4.78 is 26.6. The predicted molar refractivity (Wildman–Crippen MR) is 80.2 cm³/mol. The monoisotopic (exact) mass is 311 g/mol. The van der Waals surface area contributed by atoms with Gasteiger partial charge in [0.15, 0.2) is 5.25 Å². The number of aliphatic carboxylic acids is 1. The predicted octanol–water partition coefficient (Wildman–Crippen LogP) is 2.09. The number of hydrogen-bond donors (Lipinski definition) is 1. The van der Waals surface area contributed by atoms with Crippen molar-refractivity contribution in [2.75, 3.05) is 0 Å². The maximum Gasteiger partial charge on any atom is 0.323 e. The van der Waals surface area contributed by atoms with E-state index in [0.29, 0.717) is 5.92 Å². The lowest BCUT2D eigenvalue weighted by molar-refractivity contribution is -0.136. The van der Waals surface area contributed by atoms with Crippen LogP contribution in [-0.4, -0.2) is 35.1 Å². The highest BCUT2D eigenvalue weighted by Gasteiger charge is 2.41. The Morgan fingerprint density at radius 3 is 2.33 bits per heavy atom. The Hall–Kier alpha value is -1.40. The lowest BCUT2D eigenvalue weighted by Gasteiger charge is -2.30. The van der Waals surface area contributed by atoms with Crippen molar-refractivity contribution in [1.29, 1.82) is 0 Å². The van der Waals surface area contributed by atoms with Gasteiger partial charge in [-0.2, -0.15) is 4.31 Å². The molecule has 1 saturated carbocycles. The van der Waals surface area contributed by atoms with Crippen molar-refractivity contribution in [3.8, 4) is 0 Å². The van der Waals surface area contributed by atoms with Gasteiger partial charge in [-0.05, 0) is 38.2 Å². The number of nitrogens with zero attached hydrogens (tertiary/aromatic N) is 1. The third kappa shape index (κ3) is 3.63. The van der Waals surface area contributed by atoms with Crippen LogP contribution < -0.4 is 0 Å². The summed E-state index contributed by atoms with van der Waals surface area (Å²) in [6.07, 6.45) is 2.01. The van der Waals surface area contributed by atoms with E-state index in [2.05, 4.69) is 0 Å². The molecule has 0 bridgehead atoms. The normalized spacial score (nSPS) is 18.4. The smallest absolute Gasteiger partial charge is 0.323 e. The Morgan fingerprint density at radius 1 is 1.29 bits per heavy atom. The molecule has 0 aromatic heterocycles. The minimum atomic E-state index is -3.87. The van der Waals surface area contributed by atoms with E-state index in [-0.39, 0.29) is 12.6 Å². The molecule has 1 aromatic carbocycles. The molecule has 1 aliphatic carbocycles. The van der Waals surface area contributed by atoms with E-state index in [0.717, 1.165) is 18.4 Å². The first-order valence-electron chi connectivity index (χ1n) is 7.11. The van der Waals surface area contributed by atoms with E-state index in [4.69, 9.17) is 5.11 Å². The van der Waals surface area contributed by atoms with Crippen LogP contribution in [0.4, 0.5) is 0 Å². The topological polar surface area (TPSA) is 74.7 Å². The maximum atomic E-state index is 12.6. The van der Waals surface area contributed by atoms with Crippen LogP contribution >= 0.6 is 0 Å². The van der Waals surface area contributed by atoms with Crippen molar-refractivity contribution in [2.24, 2.45) is 5.92 Å². The van der Waals surface area contributed by atoms with Gasteiger partial charge in [0.1, 0.15) is 0 Å². The lowest BCUT2D eigenvalue weighted by atomic mass is 10.2. The van der Waals surface area contributed by atoms with Crippen LogP contribution in [0.1, 0.15) is 32.3 Å². The molecule has 1 aliphatic rings. The van der Waals surface area contributed by atoms with Gasteiger partial charge in [0, 0.05) is 12.6 Å². The van der Waals surface area contributed by atoms with E-state index in [1.165, 1.54) is 11.2 Å². The molecular formula is C15H21NO4S. The minimum Gasteiger partial charge on any atom is -0.480 e. The van der Waals surface area contributed by atoms with Gasteiger partial charge in [-0.1, -0.05) is 30.3 Å². The number of sulfonamides is 1. The van der Waals surface area contributed by atoms with Crippen LogP contribution in [0.5, 0.6) is 0 Å². The standard InChI is InChI=1S/C15H21NO4S/c1-11(14-8-9-14)16(10-13-6-4-3-5-7-13)21(19,20)12(2)15(17)18/h3-7,11-12,14H,8-10H2,1-2H3,(H,17,18). The van der Waals surface area contributed by atoms with Gasteiger partial charge in [0.2, 0.25) is 10.0 Å². The molecule has 1 fully saturated rings. The number of carboxylic acid groups (broad SMARTS) is 1. The first kappa shape index (κ1) is 16.0. The number of benzene rings is 1. The van der Waals surface area contributed by atoms with E-state index in [1.54, 1.807) is 0 Å². The molecule has 2 unspecified atom stereocenters. The summed E-state index contributed by atoms with van der Waals surface area (Å²) in [6, 6.07) is 9.11. The lowest BCUT2D eigenvalue weighted by Crippen LogP contribution is -2.46. The van der Waals surface area contributed by atoms with Crippen molar-refractivity contribution < 1.29 is 18.3 Å². The number of rotatable bonds is 7. The Labute approximate surface area is 125 Å². The summed E-state index contributed by atoms with van der Waals surface area (Å²) in [7, 11) is -3.87. The molecule has 5 nitrogen and oxygen atoms in total. The highest BCUT2D eigenvalue weighted by Crippen LogP contribution is 2.37. The molecule has 6 heteroatoms. The van der Waals surface area contributed by atoms with Gasteiger partial charge in [-0.3, -0.25) is 4.79 Å². The molecule has 1 N–H and O–H groups in total. The highest BCUT2D eigenvalue weighted by molar-refractivity contribution is 7.90. The highest BCUT2D eigenvalue weighted by atomic mass is 32.2. The Balaban J connectivity index is 2.29. The number of carboxylic acids is 1. The Kier molecular flexibility index (Phi) is 4.68. The second-order valence-electron chi connectivity index (χ2n) is 5.63. The molecule has 0 spiro atoms. The quantitative estimate of drug-likeness (QED) is 0.836. The minimum absolute atomic E-state index is 0.169. The molecule has 21 heavy (non-hydrogen) atoms. The summed E-state index contributed by atoms with van der Waals surface area (Å²) in [5.41, 5.74) is 0.867. The van der Waals surface area contributed by atoms with Gasteiger partial charge in [-0.15, -0.1) is 0 Å². The first-order valence-corrected chi connectivity index (χ1v) is 8.61. The van der Waals surface area contributed by atoms with Crippen LogP contribution in [0.3, 0.4) is 0 Å². The van der Waals surface area contributed by atoms with Crippen LogP contribution in [0, 0.1) is 5.92 Å². The molecule has 0 saturated heterocycles. The third-order valence-electron chi connectivity index (χ3n) is 4.06. The zero-order chi connectivity index (χ0) is 15.6. The average molecular weight is 311 g/mol. The van der Waals surface area contributed by atoms with Crippen molar-refractivity contribution in [3.63, 3.8) is 0 Å². The third-order valence-corrected chi connectivity index (χ3v) is 6.27. The summed E-state index contributed by atoms with van der Waals surface area (Å²) >= 11 is 0. The van der Waals surface area contributed by atoms with Crippen molar-refractivity contribution >= 4 is 16.0 Å². The fourth-order valence-corrected chi connectivity index (χ4v) is 4.00. The summed E-state index contributed by atoms with van der Waals surface area (Å²) in [5, 5.41) is 7.63. The second-order valence-corrected chi connectivity index (χ2v) is 7.84. The largest absolute Gasteiger partial charge is 0.480 e. The fourth-order valence-electron chi connectivity index (χ4n) is 2.37. The Morgan fingerprint density at radius 2 is 1.86 bits per heavy atom. The van der Waals surface area contributed by atoms with Crippen molar-refractivity contribution in [1.82, 2.24) is 4.31 Å². The SMILES string of the molecule is CC(C1CC1)N(Cc1ccccc1)S(=O)(=O)C(C)C(=O)O. The first-order chi connectivity index (χ1) is 9.84. The molecule has 2 rings (SSSR count). The zero-order valence-electron chi connectivity index (χ0n) is 12.3. The van der Waals surface area contributed by atoms with Gasteiger partial charge in [0.05, 0.1) is 0 Å². The van der Waals surface area contributed by atoms with Crippen LogP contribution in [0.25, 0.3) is 0 Å². The van der Waals surface area contributed by atoms with Crippen LogP contribution in [-0.2, 0) is 21.4 Å². The van der Waals surface area contributed by atoms with Gasteiger partial charge in [0.25, 0.3) is 0 Å².